The summed E-state index contributed by atoms with van der Waals surface area (Å²) in [6, 6.07) is 1.90. The van der Waals surface area contributed by atoms with E-state index in [1.807, 2.05) is 13.0 Å². The summed E-state index contributed by atoms with van der Waals surface area (Å²) in [5, 5.41) is 11.1. The van der Waals surface area contributed by atoms with Crippen molar-refractivity contribution in [1.29, 1.82) is 5.26 Å². The fourth-order valence-electron chi connectivity index (χ4n) is 0.882. The molecule has 4 nitrogen and oxygen atoms in total. The van der Waals surface area contributed by atoms with Gasteiger partial charge in [0, 0.05) is 6.04 Å². The molecule has 0 heterocycles. The minimum atomic E-state index is -0.491. The molecule has 0 saturated carbocycles. The average Bonchev–Trinajstić information content (AvgIpc) is 2.00. The fourth-order valence-corrected chi connectivity index (χ4v) is 0.882. The molecule has 4 heteroatoms. The van der Waals surface area contributed by atoms with E-state index in [9.17, 15) is 4.79 Å². The summed E-state index contributed by atoms with van der Waals surface area (Å²) in [6.45, 7) is 7.33. The van der Waals surface area contributed by atoms with Gasteiger partial charge in [-0.1, -0.05) is 6.92 Å². The maximum atomic E-state index is 11.3. The van der Waals surface area contributed by atoms with Gasteiger partial charge in [-0.2, -0.15) is 5.26 Å². The smallest absolute Gasteiger partial charge is 0.407 e. The Morgan fingerprint density at radius 1 is 1.57 bits per heavy atom. The number of ether oxygens (including phenoxy) is 1. The highest BCUT2D eigenvalue weighted by atomic mass is 16.6. The Balaban J connectivity index is 3.98. The van der Waals surface area contributed by atoms with Gasteiger partial charge in [0.15, 0.2) is 0 Å². The highest BCUT2D eigenvalue weighted by Crippen LogP contribution is 2.07. The van der Waals surface area contributed by atoms with Gasteiger partial charge in [-0.25, -0.2) is 4.79 Å². The molecule has 1 amide bonds. The van der Waals surface area contributed by atoms with E-state index in [1.165, 1.54) is 0 Å². The van der Waals surface area contributed by atoms with E-state index in [0.29, 0.717) is 6.42 Å². The van der Waals surface area contributed by atoms with Crippen LogP contribution in [0.4, 0.5) is 4.79 Å². The molecule has 0 fully saturated rings. The monoisotopic (exact) mass is 198 g/mol. The van der Waals surface area contributed by atoms with Crippen LogP contribution in [0.1, 0.15) is 40.5 Å². The van der Waals surface area contributed by atoms with Crippen molar-refractivity contribution in [3.8, 4) is 6.07 Å². The molecule has 0 aromatic heterocycles. The van der Waals surface area contributed by atoms with Gasteiger partial charge in [0.1, 0.15) is 5.60 Å². The van der Waals surface area contributed by atoms with Crippen molar-refractivity contribution in [2.24, 2.45) is 0 Å². The molecule has 14 heavy (non-hydrogen) atoms. The molecule has 0 unspecified atom stereocenters. The minimum absolute atomic E-state index is 0.116. The average molecular weight is 198 g/mol. The van der Waals surface area contributed by atoms with Crippen LogP contribution < -0.4 is 5.32 Å². The van der Waals surface area contributed by atoms with Gasteiger partial charge in [0.25, 0.3) is 0 Å². The normalized spacial score (nSPS) is 12.8. The number of alkyl carbamates (subject to hydrolysis) is 1. The standard InChI is InChI=1S/C10H18N2O2/c1-5-8(6-7-11)12-9(13)14-10(2,3)4/h8H,5-6H2,1-4H3,(H,12,13)/t8-/m1/s1. The van der Waals surface area contributed by atoms with E-state index >= 15 is 0 Å². The predicted octanol–water partition coefficient (Wildman–Crippen LogP) is 2.20. The molecule has 0 aliphatic rings. The van der Waals surface area contributed by atoms with Crippen LogP contribution in [0.25, 0.3) is 0 Å². The lowest BCUT2D eigenvalue weighted by molar-refractivity contribution is 0.0504. The topological polar surface area (TPSA) is 62.1 Å². The van der Waals surface area contributed by atoms with Gasteiger partial charge >= 0.3 is 6.09 Å². The first-order chi connectivity index (χ1) is 6.39. The Labute approximate surface area is 85.2 Å². The number of hydrogen-bond acceptors (Lipinski definition) is 3. The quantitative estimate of drug-likeness (QED) is 0.756. The molecule has 0 bridgehead atoms. The van der Waals surface area contributed by atoms with Gasteiger partial charge in [-0.3, -0.25) is 0 Å². The van der Waals surface area contributed by atoms with Crippen LogP contribution in [0, 0.1) is 11.3 Å². The minimum Gasteiger partial charge on any atom is -0.444 e. The van der Waals surface area contributed by atoms with Gasteiger partial charge in [-0.15, -0.1) is 0 Å². The third kappa shape index (κ3) is 6.30. The molecule has 0 saturated heterocycles. The Bertz CT molecular complexity index is 225. The third-order valence-electron chi connectivity index (χ3n) is 1.55. The number of amides is 1. The van der Waals surface area contributed by atoms with Crippen molar-refractivity contribution in [2.45, 2.75) is 52.2 Å². The lowest BCUT2D eigenvalue weighted by Gasteiger charge is -2.21. The number of rotatable bonds is 3. The van der Waals surface area contributed by atoms with Crippen LogP contribution in [0.5, 0.6) is 0 Å². The molecule has 0 rings (SSSR count). The second-order valence-electron chi connectivity index (χ2n) is 4.11. The number of carbonyl (C=O) groups excluding carboxylic acids is 1. The van der Waals surface area contributed by atoms with Crippen LogP contribution in [0.3, 0.4) is 0 Å². The van der Waals surface area contributed by atoms with Crippen molar-refractivity contribution >= 4 is 6.09 Å². The summed E-state index contributed by atoms with van der Waals surface area (Å²) in [7, 11) is 0. The van der Waals surface area contributed by atoms with Gasteiger partial charge in [-0.05, 0) is 27.2 Å². The molecular weight excluding hydrogens is 180 g/mol. The van der Waals surface area contributed by atoms with Crippen molar-refractivity contribution in [1.82, 2.24) is 5.32 Å². The Kier molecular flexibility index (Phi) is 5.00. The first-order valence-electron chi connectivity index (χ1n) is 4.75. The van der Waals surface area contributed by atoms with Crippen LogP contribution >= 0.6 is 0 Å². The maximum Gasteiger partial charge on any atom is 0.407 e. The molecular formula is C10H18N2O2. The highest BCUT2D eigenvalue weighted by Gasteiger charge is 2.18. The van der Waals surface area contributed by atoms with E-state index < -0.39 is 11.7 Å². The summed E-state index contributed by atoms with van der Waals surface area (Å²) < 4.78 is 5.06. The van der Waals surface area contributed by atoms with Crippen LogP contribution in [-0.4, -0.2) is 17.7 Å². The number of carbonyl (C=O) groups is 1. The summed E-state index contributed by atoms with van der Waals surface area (Å²) in [5.41, 5.74) is -0.491. The van der Waals surface area contributed by atoms with Crippen molar-refractivity contribution in [2.75, 3.05) is 0 Å². The van der Waals surface area contributed by atoms with Crippen LogP contribution in [0.2, 0.25) is 0 Å². The molecule has 0 spiro atoms. The van der Waals surface area contributed by atoms with Gasteiger partial charge < -0.3 is 10.1 Å². The second kappa shape index (κ2) is 5.48. The molecule has 1 atom stereocenters. The Hall–Kier alpha value is -1.24. The van der Waals surface area contributed by atoms with Crippen molar-refractivity contribution in [3.05, 3.63) is 0 Å². The van der Waals surface area contributed by atoms with E-state index in [1.54, 1.807) is 20.8 Å². The molecule has 0 aromatic rings. The predicted molar refractivity (Wildman–Crippen MR) is 53.7 cm³/mol. The largest absolute Gasteiger partial charge is 0.444 e. The van der Waals surface area contributed by atoms with Gasteiger partial charge in [0.2, 0.25) is 0 Å². The number of hydrogen-bond donors (Lipinski definition) is 1. The zero-order chi connectivity index (χ0) is 11.2. The zero-order valence-corrected chi connectivity index (χ0v) is 9.26. The lowest BCUT2D eigenvalue weighted by Crippen LogP contribution is -2.38. The molecule has 0 aliphatic carbocycles. The summed E-state index contributed by atoms with van der Waals surface area (Å²) in [4.78, 5) is 11.3. The molecule has 1 N–H and O–H groups in total. The third-order valence-corrected chi connectivity index (χ3v) is 1.55. The molecule has 0 radical (unpaired) electrons. The molecule has 80 valence electrons. The Morgan fingerprint density at radius 3 is 2.50 bits per heavy atom. The molecule has 0 aliphatic heterocycles. The summed E-state index contributed by atoms with van der Waals surface area (Å²) in [5.74, 6) is 0. The van der Waals surface area contributed by atoms with E-state index in [4.69, 9.17) is 10.00 Å². The number of nitriles is 1. The molecule has 0 aromatic carbocycles. The number of nitrogens with zero attached hydrogens (tertiary/aromatic N) is 1. The van der Waals surface area contributed by atoms with E-state index in [0.717, 1.165) is 6.42 Å². The van der Waals surface area contributed by atoms with Gasteiger partial charge in [0.05, 0.1) is 12.5 Å². The Morgan fingerprint density at radius 2 is 2.14 bits per heavy atom. The van der Waals surface area contributed by atoms with E-state index in [-0.39, 0.29) is 6.04 Å². The SMILES string of the molecule is CC[C@H](CC#N)NC(=O)OC(C)(C)C. The fraction of sp³-hybridized carbons (Fsp3) is 0.800. The first-order valence-corrected chi connectivity index (χ1v) is 4.75. The summed E-state index contributed by atoms with van der Waals surface area (Å²) in [6.07, 6.45) is 0.585. The van der Waals surface area contributed by atoms with Crippen LogP contribution in [-0.2, 0) is 4.74 Å². The highest BCUT2D eigenvalue weighted by molar-refractivity contribution is 5.68. The summed E-state index contributed by atoms with van der Waals surface area (Å²) >= 11 is 0. The van der Waals surface area contributed by atoms with Crippen molar-refractivity contribution in [3.63, 3.8) is 0 Å². The van der Waals surface area contributed by atoms with E-state index in [2.05, 4.69) is 5.32 Å². The van der Waals surface area contributed by atoms with Crippen LogP contribution in [0.15, 0.2) is 0 Å². The number of nitrogens with one attached hydrogen (secondary N) is 1. The first kappa shape index (κ1) is 12.8. The maximum absolute atomic E-state index is 11.3. The second-order valence-corrected chi connectivity index (χ2v) is 4.11. The lowest BCUT2D eigenvalue weighted by atomic mass is 10.2. The zero-order valence-electron chi connectivity index (χ0n) is 9.26. The van der Waals surface area contributed by atoms with Crippen molar-refractivity contribution < 1.29 is 9.53 Å².